The molecule has 28 heavy (non-hydrogen) atoms. The zero-order valence-electron chi connectivity index (χ0n) is 14.9. The monoisotopic (exact) mass is 372 g/mol. The number of nitrogens with zero attached hydrogens (tertiary/aromatic N) is 2. The lowest BCUT2D eigenvalue weighted by Gasteiger charge is -2.10. The van der Waals surface area contributed by atoms with E-state index in [2.05, 4.69) is 20.6 Å². The fraction of sp³-hybridized carbons (Fsp3) is 0.0455. The van der Waals surface area contributed by atoms with Crippen LogP contribution in [0.3, 0.4) is 0 Å². The summed E-state index contributed by atoms with van der Waals surface area (Å²) in [5.74, 6) is -0.179. The van der Waals surface area contributed by atoms with Gasteiger partial charge in [0.2, 0.25) is 5.91 Å². The van der Waals surface area contributed by atoms with Crippen LogP contribution in [0, 0.1) is 5.82 Å². The number of benzene rings is 2. The number of anilines is 3. The van der Waals surface area contributed by atoms with E-state index in [0.29, 0.717) is 11.4 Å². The second kappa shape index (κ2) is 7.84. The van der Waals surface area contributed by atoms with E-state index in [1.807, 2.05) is 36.4 Å². The zero-order chi connectivity index (χ0) is 19.3. The second-order valence-corrected chi connectivity index (χ2v) is 6.29. The molecular formula is C22H17FN4O. The van der Waals surface area contributed by atoms with Gasteiger partial charge in [-0.1, -0.05) is 30.3 Å². The van der Waals surface area contributed by atoms with E-state index in [-0.39, 0.29) is 18.1 Å². The molecule has 0 aliphatic carbocycles. The molecular weight excluding hydrogens is 355 g/mol. The minimum Gasteiger partial charge on any atom is -0.352 e. The number of aromatic nitrogens is 2. The van der Waals surface area contributed by atoms with Gasteiger partial charge in [0.1, 0.15) is 11.6 Å². The molecule has 0 unspecified atom stereocenters. The smallest absolute Gasteiger partial charge is 0.229 e. The van der Waals surface area contributed by atoms with Gasteiger partial charge < -0.3 is 10.6 Å². The molecule has 0 saturated heterocycles. The first-order valence-electron chi connectivity index (χ1n) is 8.78. The van der Waals surface area contributed by atoms with Crippen LogP contribution in [0.1, 0.15) is 5.56 Å². The Morgan fingerprint density at radius 3 is 2.64 bits per heavy atom. The number of hydrogen-bond donors (Lipinski definition) is 2. The maximum atomic E-state index is 13.2. The number of carbonyl (C=O) groups is 1. The second-order valence-electron chi connectivity index (χ2n) is 6.29. The molecule has 2 aromatic carbocycles. The summed E-state index contributed by atoms with van der Waals surface area (Å²) in [7, 11) is 0. The van der Waals surface area contributed by atoms with Gasteiger partial charge in [-0.2, -0.15) is 0 Å². The Bertz CT molecular complexity index is 1120. The molecule has 0 aliphatic heterocycles. The Balaban J connectivity index is 1.43. The van der Waals surface area contributed by atoms with Crippen LogP contribution in [0.5, 0.6) is 0 Å². The third-order valence-corrected chi connectivity index (χ3v) is 4.20. The van der Waals surface area contributed by atoms with E-state index < -0.39 is 0 Å². The minimum atomic E-state index is -0.359. The first-order valence-corrected chi connectivity index (χ1v) is 8.78. The van der Waals surface area contributed by atoms with Gasteiger partial charge in [-0.15, -0.1) is 0 Å². The summed E-state index contributed by atoms with van der Waals surface area (Å²) in [4.78, 5) is 20.8. The van der Waals surface area contributed by atoms with Crippen LogP contribution in [0.15, 0.2) is 79.1 Å². The maximum Gasteiger partial charge on any atom is 0.229 e. The summed E-state index contributed by atoms with van der Waals surface area (Å²) in [6.07, 6.45) is 3.48. The fourth-order valence-corrected chi connectivity index (χ4v) is 2.92. The molecule has 6 heteroatoms. The summed E-state index contributed by atoms with van der Waals surface area (Å²) in [6, 6.07) is 19.3. The molecule has 0 spiro atoms. The molecule has 5 nitrogen and oxygen atoms in total. The predicted octanol–water partition coefficient (Wildman–Crippen LogP) is 4.69. The van der Waals surface area contributed by atoms with Gasteiger partial charge in [-0.25, -0.2) is 9.37 Å². The van der Waals surface area contributed by atoms with Gasteiger partial charge in [-0.3, -0.25) is 9.78 Å². The molecule has 2 aromatic heterocycles. The number of carbonyl (C=O) groups excluding carboxylic acids is 1. The molecule has 2 heterocycles. The summed E-state index contributed by atoms with van der Waals surface area (Å²) in [5.41, 5.74) is 3.14. The molecule has 0 atom stereocenters. The molecule has 4 rings (SSSR count). The van der Waals surface area contributed by atoms with Crippen LogP contribution in [0.2, 0.25) is 0 Å². The number of rotatable bonds is 5. The van der Waals surface area contributed by atoms with Gasteiger partial charge in [0.15, 0.2) is 0 Å². The van der Waals surface area contributed by atoms with Crippen molar-refractivity contribution in [1.29, 1.82) is 0 Å². The molecule has 0 saturated carbocycles. The van der Waals surface area contributed by atoms with Gasteiger partial charge in [0.05, 0.1) is 29.5 Å². The normalized spacial score (nSPS) is 10.6. The van der Waals surface area contributed by atoms with Crippen LogP contribution < -0.4 is 10.6 Å². The topological polar surface area (TPSA) is 66.9 Å². The highest BCUT2D eigenvalue weighted by Gasteiger charge is 2.07. The minimum absolute atomic E-state index is 0.0844. The number of hydrogen-bond acceptors (Lipinski definition) is 4. The summed E-state index contributed by atoms with van der Waals surface area (Å²) >= 11 is 0. The highest BCUT2D eigenvalue weighted by Crippen LogP contribution is 2.24. The SMILES string of the molecule is O=C(Cc1cccc(F)c1)Nc1ccc(Nc2cccc3cccnc23)cn1. The Morgan fingerprint density at radius 1 is 0.964 bits per heavy atom. The van der Waals surface area contributed by atoms with Crippen molar-refractivity contribution in [2.75, 3.05) is 10.6 Å². The lowest BCUT2D eigenvalue weighted by atomic mass is 10.1. The third-order valence-electron chi connectivity index (χ3n) is 4.20. The molecule has 0 radical (unpaired) electrons. The van der Waals surface area contributed by atoms with Crippen LogP contribution in [-0.2, 0) is 11.2 Å². The Kier molecular flexibility index (Phi) is 4.93. The summed E-state index contributed by atoms with van der Waals surface area (Å²) in [5, 5.41) is 7.06. The Labute approximate surface area is 161 Å². The fourth-order valence-electron chi connectivity index (χ4n) is 2.92. The molecule has 0 bridgehead atoms. The molecule has 0 aliphatic rings. The number of pyridine rings is 2. The largest absolute Gasteiger partial charge is 0.352 e. The number of amides is 1. The van der Waals surface area contributed by atoms with Crippen LogP contribution >= 0.6 is 0 Å². The van der Waals surface area contributed by atoms with Crippen molar-refractivity contribution in [2.24, 2.45) is 0 Å². The van der Waals surface area contributed by atoms with Crippen molar-refractivity contribution in [3.8, 4) is 0 Å². The van der Waals surface area contributed by atoms with E-state index in [1.165, 1.54) is 12.1 Å². The van der Waals surface area contributed by atoms with Gasteiger partial charge >= 0.3 is 0 Å². The first kappa shape index (κ1) is 17.6. The number of halogens is 1. The van der Waals surface area contributed by atoms with Crippen LogP contribution in [0.25, 0.3) is 10.9 Å². The average Bonchev–Trinajstić information content (AvgIpc) is 2.70. The summed E-state index contributed by atoms with van der Waals surface area (Å²) < 4.78 is 13.2. The molecule has 4 aromatic rings. The average molecular weight is 372 g/mol. The van der Waals surface area contributed by atoms with Crippen molar-refractivity contribution < 1.29 is 9.18 Å². The molecule has 138 valence electrons. The van der Waals surface area contributed by atoms with Gasteiger partial charge in [0, 0.05) is 11.6 Å². The van der Waals surface area contributed by atoms with Crippen molar-refractivity contribution in [1.82, 2.24) is 9.97 Å². The van der Waals surface area contributed by atoms with Gasteiger partial charge in [-0.05, 0) is 42.0 Å². The maximum absolute atomic E-state index is 13.2. The lowest BCUT2D eigenvalue weighted by molar-refractivity contribution is -0.115. The van der Waals surface area contributed by atoms with E-state index in [9.17, 15) is 9.18 Å². The zero-order valence-corrected chi connectivity index (χ0v) is 14.9. The summed E-state index contributed by atoms with van der Waals surface area (Å²) in [6.45, 7) is 0. The van der Waals surface area contributed by atoms with Crippen LogP contribution in [-0.4, -0.2) is 15.9 Å². The Hall–Kier alpha value is -3.80. The molecule has 0 fully saturated rings. The van der Waals surface area contributed by atoms with Crippen LogP contribution in [0.4, 0.5) is 21.6 Å². The highest BCUT2D eigenvalue weighted by molar-refractivity contribution is 5.93. The highest BCUT2D eigenvalue weighted by atomic mass is 19.1. The van der Waals surface area contributed by atoms with Crippen molar-refractivity contribution >= 4 is 34.0 Å². The van der Waals surface area contributed by atoms with E-state index in [1.54, 1.807) is 30.6 Å². The lowest BCUT2D eigenvalue weighted by Crippen LogP contribution is -2.15. The van der Waals surface area contributed by atoms with Crippen molar-refractivity contribution in [3.63, 3.8) is 0 Å². The molecule has 2 N–H and O–H groups in total. The standard InChI is InChI=1S/C22H17FN4O/c23-17-7-1-4-15(12-17)13-21(28)27-20-10-9-18(14-25-20)26-19-8-2-5-16-6-3-11-24-22(16)19/h1-12,14,26H,13H2,(H,25,27,28). The van der Waals surface area contributed by atoms with E-state index >= 15 is 0 Å². The number of nitrogens with one attached hydrogen (secondary N) is 2. The third kappa shape index (κ3) is 4.12. The number of para-hydroxylation sites is 1. The van der Waals surface area contributed by atoms with Crippen molar-refractivity contribution in [2.45, 2.75) is 6.42 Å². The van der Waals surface area contributed by atoms with Gasteiger partial charge in [0.25, 0.3) is 0 Å². The van der Waals surface area contributed by atoms with E-state index in [0.717, 1.165) is 22.3 Å². The number of fused-ring (bicyclic) bond motifs is 1. The Morgan fingerprint density at radius 2 is 1.82 bits per heavy atom. The predicted molar refractivity (Wildman–Crippen MR) is 108 cm³/mol. The van der Waals surface area contributed by atoms with E-state index in [4.69, 9.17) is 0 Å². The van der Waals surface area contributed by atoms with Crippen molar-refractivity contribution in [3.05, 3.63) is 90.5 Å². The molecule has 1 amide bonds. The first-order chi connectivity index (χ1) is 13.7. The quantitative estimate of drug-likeness (QED) is 0.533.